The van der Waals surface area contributed by atoms with E-state index in [1.165, 1.54) is 15.3 Å². The smallest absolute Gasteiger partial charge is 0.351 e. The zero-order chi connectivity index (χ0) is 52.5. The number of nitrogens with zero attached hydrogens (tertiary/aromatic N) is 6. The van der Waals surface area contributed by atoms with E-state index in [4.69, 9.17) is 34.6 Å². The number of aliphatic hydroxyl groups excluding tert-OH is 2. The molecule has 71 heavy (non-hydrogen) atoms. The zero-order valence-electron chi connectivity index (χ0n) is 42.8. The number of nitrogens with two attached hydrogens (primary N) is 1. The average Bonchev–Trinajstić information content (AvgIpc) is 3.88. The second kappa shape index (κ2) is 27.4. The van der Waals surface area contributed by atoms with Gasteiger partial charge in [-0.3, -0.25) is 13.9 Å². The van der Waals surface area contributed by atoms with Crippen LogP contribution in [0, 0.1) is 57.9 Å². The fraction of sp³-hybridized carbons (Fsp3) is 0.529. The van der Waals surface area contributed by atoms with Crippen LogP contribution in [0.3, 0.4) is 0 Å². The molecule has 17 nitrogen and oxygen atoms in total. The molecule has 0 bridgehead atoms. The highest BCUT2D eigenvalue weighted by atomic mass is 31.2. The highest BCUT2D eigenvalue weighted by Crippen LogP contribution is 2.50. The van der Waals surface area contributed by atoms with Crippen molar-refractivity contribution in [3.05, 3.63) is 80.4 Å². The van der Waals surface area contributed by atoms with E-state index in [0.29, 0.717) is 42.4 Å². The fourth-order valence-electron chi connectivity index (χ4n) is 7.21. The second-order valence-corrected chi connectivity index (χ2v) is 30.3. The van der Waals surface area contributed by atoms with Gasteiger partial charge in [0.05, 0.1) is 68.0 Å². The van der Waals surface area contributed by atoms with Gasteiger partial charge in [0, 0.05) is 42.9 Å². The van der Waals surface area contributed by atoms with Crippen LogP contribution in [0.15, 0.2) is 52.3 Å². The summed E-state index contributed by atoms with van der Waals surface area (Å²) in [5.41, 5.74) is 12.3. The maximum atomic E-state index is 13.4. The number of carbonyl (C=O) groups is 1. The number of benzene rings is 1. The summed E-state index contributed by atoms with van der Waals surface area (Å²) in [6, 6.07) is 11.1. The van der Waals surface area contributed by atoms with Gasteiger partial charge in [0.2, 0.25) is 0 Å². The SMILES string of the molecule is CC[C@H]1O[C@@H](n2cc(C#CCC#C[Si](C)(C)C)c(NC(=O)c3ccccc3)nc2=O)C[C@H]1OP(OCCC#N)N(C(C)C)C(C)C.C[Si](C)(C)C#CCC#Cc1cn([C@H]2C[C@@H](O)[C@@H](CO)O2)c(=O)nc1N. The summed E-state index contributed by atoms with van der Waals surface area (Å²) in [4.78, 5) is 46.5. The maximum Gasteiger partial charge on any atom is 0.351 e. The van der Waals surface area contributed by atoms with E-state index in [-0.39, 0.29) is 62.0 Å². The molecule has 0 aliphatic carbocycles. The number of anilines is 2. The molecule has 0 radical (unpaired) electrons. The highest BCUT2D eigenvalue weighted by molar-refractivity contribution is 7.44. The molecule has 1 amide bonds. The van der Waals surface area contributed by atoms with Crippen molar-refractivity contribution in [3.8, 4) is 52.7 Å². The summed E-state index contributed by atoms with van der Waals surface area (Å²) in [6.07, 6.45) is 1.71. The summed E-state index contributed by atoms with van der Waals surface area (Å²) in [5, 5.41) is 30.8. The number of hydrogen-bond donors (Lipinski definition) is 4. The number of amides is 1. The number of ether oxygens (including phenoxy) is 2. The molecular weight excluding hydrogens is 956 g/mol. The Morgan fingerprint density at radius 3 is 1.97 bits per heavy atom. The molecule has 2 aliphatic rings. The first kappa shape index (κ1) is 58.1. The van der Waals surface area contributed by atoms with Crippen molar-refractivity contribution in [2.45, 2.75) is 161 Å². The largest absolute Gasteiger partial charge is 0.394 e. The van der Waals surface area contributed by atoms with Crippen molar-refractivity contribution < 1.29 is 33.5 Å². The third kappa shape index (κ3) is 18.3. The number of nitrogen functional groups attached to an aromatic ring is 1. The Hall–Kier alpha value is -5.44. The quantitative estimate of drug-likeness (QED) is 0.0580. The van der Waals surface area contributed by atoms with E-state index in [9.17, 15) is 19.5 Å². The van der Waals surface area contributed by atoms with E-state index in [0.717, 1.165) is 0 Å². The predicted octanol–water partition coefficient (Wildman–Crippen LogP) is 6.57. The topological polar surface area (TPSA) is 229 Å². The van der Waals surface area contributed by atoms with E-state index in [2.05, 4.69) is 140 Å². The predicted molar refractivity (Wildman–Crippen MR) is 282 cm³/mol. The molecule has 2 saturated heterocycles. The monoisotopic (exact) mass is 1020 g/mol. The minimum absolute atomic E-state index is 0.0455. The second-order valence-electron chi connectivity index (χ2n) is 19.4. The number of aromatic nitrogens is 4. The minimum Gasteiger partial charge on any atom is -0.394 e. The fourth-order valence-corrected chi connectivity index (χ4v) is 10.2. The van der Waals surface area contributed by atoms with E-state index in [1.807, 2.05) is 13.0 Å². The maximum absolute atomic E-state index is 13.4. The van der Waals surface area contributed by atoms with E-state index >= 15 is 0 Å². The molecule has 2 aliphatic heterocycles. The van der Waals surface area contributed by atoms with Crippen molar-refractivity contribution in [2.75, 3.05) is 24.3 Å². The van der Waals surface area contributed by atoms with Gasteiger partial charge in [-0.1, -0.05) is 99.9 Å². The normalized spacial score (nSPS) is 19.9. The first-order valence-corrected chi connectivity index (χ1v) is 31.9. The third-order valence-electron chi connectivity index (χ3n) is 10.4. The van der Waals surface area contributed by atoms with E-state index < -0.39 is 66.6 Å². The molecule has 2 fully saturated rings. The summed E-state index contributed by atoms with van der Waals surface area (Å²) in [6.45, 7) is 23.2. The van der Waals surface area contributed by atoms with E-state index in [1.54, 1.807) is 30.5 Å². The Morgan fingerprint density at radius 2 is 1.44 bits per heavy atom. The zero-order valence-corrected chi connectivity index (χ0v) is 45.7. The molecule has 4 heterocycles. The number of hydrogen-bond acceptors (Lipinski definition) is 14. The van der Waals surface area contributed by atoms with Crippen molar-refractivity contribution >= 4 is 42.2 Å². The number of nitriles is 1. The molecule has 0 saturated carbocycles. The van der Waals surface area contributed by atoms with Crippen LogP contribution in [-0.2, 0) is 18.5 Å². The van der Waals surface area contributed by atoms with Gasteiger partial charge in [-0.15, -0.1) is 11.1 Å². The Balaban J connectivity index is 0.000000368. The van der Waals surface area contributed by atoms with Crippen molar-refractivity contribution in [1.29, 1.82) is 5.26 Å². The lowest BCUT2D eigenvalue weighted by molar-refractivity contribution is -0.0458. The lowest BCUT2D eigenvalue weighted by Gasteiger charge is -2.37. The number of aliphatic hydroxyl groups is 2. The molecule has 1 aromatic carbocycles. The lowest BCUT2D eigenvalue weighted by atomic mass is 10.1. The van der Waals surface area contributed by atoms with Gasteiger partial charge in [-0.05, 0) is 46.2 Å². The molecule has 1 unspecified atom stereocenters. The van der Waals surface area contributed by atoms with Crippen LogP contribution in [0.4, 0.5) is 11.6 Å². The molecule has 0 spiro atoms. The first-order valence-electron chi connectivity index (χ1n) is 23.8. The van der Waals surface area contributed by atoms with Gasteiger partial charge >= 0.3 is 11.4 Å². The van der Waals surface area contributed by atoms with Crippen LogP contribution in [0.25, 0.3) is 0 Å². The first-order chi connectivity index (χ1) is 33.5. The van der Waals surface area contributed by atoms with Crippen LogP contribution in [-0.4, -0.2) is 106 Å². The summed E-state index contributed by atoms with van der Waals surface area (Å²) < 4.78 is 29.4. The molecule has 3 aromatic rings. The van der Waals surface area contributed by atoms with Crippen LogP contribution in [0.5, 0.6) is 0 Å². The van der Waals surface area contributed by atoms with Crippen LogP contribution < -0.4 is 22.4 Å². The summed E-state index contributed by atoms with van der Waals surface area (Å²) >= 11 is 0. The Morgan fingerprint density at radius 1 is 0.887 bits per heavy atom. The number of nitrogens with one attached hydrogen (secondary N) is 1. The molecule has 380 valence electrons. The van der Waals surface area contributed by atoms with Crippen molar-refractivity contribution in [2.24, 2.45) is 0 Å². The van der Waals surface area contributed by atoms with Crippen molar-refractivity contribution in [3.63, 3.8) is 0 Å². The van der Waals surface area contributed by atoms with Gasteiger partial charge in [-0.25, -0.2) is 14.3 Å². The van der Waals surface area contributed by atoms with Crippen LogP contribution in [0.1, 0.15) is 107 Å². The summed E-state index contributed by atoms with van der Waals surface area (Å²) in [5.74, 6) is 17.8. The number of rotatable bonds is 14. The van der Waals surface area contributed by atoms with Gasteiger partial charge in [0.1, 0.15) is 40.5 Å². The molecule has 5 rings (SSSR count). The van der Waals surface area contributed by atoms with Gasteiger partial charge in [-0.2, -0.15) is 15.2 Å². The van der Waals surface area contributed by atoms with Crippen LogP contribution >= 0.6 is 8.53 Å². The van der Waals surface area contributed by atoms with Gasteiger partial charge in [0.15, 0.2) is 5.82 Å². The van der Waals surface area contributed by atoms with Crippen LogP contribution in [0.2, 0.25) is 39.3 Å². The Bertz CT molecular complexity index is 2700. The highest BCUT2D eigenvalue weighted by Gasteiger charge is 2.41. The Kier molecular flexibility index (Phi) is 22.4. The molecule has 20 heteroatoms. The Labute approximate surface area is 421 Å². The van der Waals surface area contributed by atoms with Gasteiger partial charge < -0.3 is 39.8 Å². The lowest BCUT2D eigenvalue weighted by Crippen LogP contribution is -2.35. The minimum atomic E-state index is -1.55. The molecular formula is C51H69N8O9PSi2. The summed E-state index contributed by atoms with van der Waals surface area (Å²) in [7, 11) is -4.46. The van der Waals surface area contributed by atoms with Gasteiger partial charge in [0.25, 0.3) is 14.4 Å². The molecule has 2 aromatic heterocycles. The molecule has 5 N–H and O–H groups in total. The third-order valence-corrected chi connectivity index (χ3v) is 14.4. The average molecular weight is 1030 g/mol. The molecule has 7 atom stereocenters. The standard InChI is InChI=1S/C34H46N5O5PSi.C17H23N3O4Si/c1-9-29-30(44-45(42-21-16-20-35)39(25(2)3)26(4)5)23-31(43-29)38-24-28(19-14-11-15-22-46(6,7)8)32(37-34(38)41)36-33(40)27-17-12-10-13-18-27;1-25(2,3)8-6-4-5-7-12-10-20(17(23)19-16(12)18)15-9-13(22)14(11-21)24-15/h10,12-13,17-18,24-26,29-31H,9,11,16,21,23H2,1-8H3,(H,36,37,40,41);10,13-15,21-22H,4,9,11H2,1-3H3,(H2,18,19,23)/t29-,30-,31-,45?;13-,14-,15-/m11/s1. The number of carbonyl (C=O) groups excluding carboxylic acids is 1. The van der Waals surface area contributed by atoms with Crippen molar-refractivity contribution in [1.82, 2.24) is 23.8 Å².